The lowest BCUT2D eigenvalue weighted by Gasteiger charge is -2.08. The molecule has 1 rings (SSSR count). The average molecular weight is 281 g/mol. The van der Waals surface area contributed by atoms with Gasteiger partial charge in [-0.2, -0.15) is 0 Å². The first-order chi connectivity index (χ1) is 9.15. The largest absolute Gasteiger partial charge is 0.355 e. The number of carbonyl (C=O) groups is 2. The molecule has 0 aromatic heterocycles. The number of carbonyl (C=O) groups excluding carboxylic acids is 2. The van der Waals surface area contributed by atoms with Crippen molar-refractivity contribution >= 4 is 29.4 Å². The van der Waals surface area contributed by atoms with Crippen LogP contribution >= 0.6 is 11.8 Å². The van der Waals surface area contributed by atoms with E-state index < -0.39 is 0 Å². The molecule has 1 aromatic rings. The predicted octanol–water partition coefficient (Wildman–Crippen LogP) is 2.06. The molecule has 0 atom stereocenters. The SMILES string of the molecule is CCCNC(=O)CNC(=O)Nc1ccc(SC)cc1. The number of hydrogen-bond acceptors (Lipinski definition) is 3. The molecule has 0 aliphatic carbocycles. The molecule has 0 unspecified atom stereocenters. The molecule has 0 aliphatic rings. The molecule has 104 valence electrons. The minimum Gasteiger partial charge on any atom is -0.355 e. The molecule has 0 bridgehead atoms. The molecule has 5 nitrogen and oxygen atoms in total. The molecule has 0 heterocycles. The lowest BCUT2D eigenvalue weighted by Crippen LogP contribution is -2.39. The number of amides is 3. The van der Waals surface area contributed by atoms with Gasteiger partial charge < -0.3 is 16.0 Å². The molecule has 0 spiro atoms. The van der Waals surface area contributed by atoms with Gasteiger partial charge in [-0.15, -0.1) is 11.8 Å². The van der Waals surface area contributed by atoms with Crippen LogP contribution in [0.4, 0.5) is 10.5 Å². The quantitative estimate of drug-likeness (QED) is 0.699. The van der Waals surface area contributed by atoms with Gasteiger partial charge in [0.15, 0.2) is 0 Å². The average Bonchev–Trinajstić information content (AvgIpc) is 2.43. The van der Waals surface area contributed by atoms with Crippen molar-refractivity contribution in [2.75, 3.05) is 24.7 Å². The fourth-order valence-electron chi connectivity index (χ4n) is 1.34. The van der Waals surface area contributed by atoms with Crippen molar-refractivity contribution in [3.8, 4) is 0 Å². The molecule has 0 aliphatic heterocycles. The van der Waals surface area contributed by atoms with Gasteiger partial charge in [0, 0.05) is 17.1 Å². The number of urea groups is 1. The summed E-state index contributed by atoms with van der Waals surface area (Å²) in [6.07, 6.45) is 2.86. The Balaban J connectivity index is 2.32. The van der Waals surface area contributed by atoms with Crippen molar-refractivity contribution in [3.05, 3.63) is 24.3 Å². The third-order valence-corrected chi connectivity index (χ3v) is 3.07. The highest BCUT2D eigenvalue weighted by Crippen LogP contribution is 2.17. The van der Waals surface area contributed by atoms with Crippen LogP contribution in [0, 0.1) is 0 Å². The molecule has 0 saturated heterocycles. The van der Waals surface area contributed by atoms with Gasteiger partial charge in [0.2, 0.25) is 5.91 Å². The van der Waals surface area contributed by atoms with Gasteiger partial charge >= 0.3 is 6.03 Å². The van der Waals surface area contributed by atoms with Crippen LogP contribution in [0.5, 0.6) is 0 Å². The molecular formula is C13H19N3O2S. The first kappa shape index (κ1) is 15.4. The minimum absolute atomic E-state index is 0.0191. The van der Waals surface area contributed by atoms with Crippen LogP contribution in [0.1, 0.15) is 13.3 Å². The molecular weight excluding hydrogens is 262 g/mol. The molecule has 6 heteroatoms. The molecule has 1 aromatic carbocycles. The highest BCUT2D eigenvalue weighted by Gasteiger charge is 2.04. The first-order valence-electron chi connectivity index (χ1n) is 6.11. The monoisotopic (exact) mass is 281 g/mol. The molecule has 0 fully saturated rings. The van der Waals surface area contributed by atoms with Crippen LogP contribution in [0.3, 0.4) is 0 Å². The molecule has 0 saturated carbocycles. The third-order valence-electron chi connectivity index (χ3n) is 2.33. The Kier molecular flexibility index (Phi) is 6.81. The fraction of sp³-hybridized carbons (Fsp3) is 0.385. The van der Waals surface area contributed by atoms with E-state index >= 15 is 0 Å². The lowest BCUT2D eigenvalue weighted by atomic mass is 10.3. The van der Waals surface area contributed by atoms with Crippen LogP contribution < -0.4 is 16.0 Å². The summed E-state index contributed by atoms with van der Waals surface area (Å²) >= 11 is 1.64. The van der Waals surface area contributed by atoms with Gasteiger partial charge in [0.1, 0.15) is 0 Å². The first-order valence-corrected chi connectivity index (χ1v) is 7.33. The van der Waals surface area contributed by atoms with Crippen LogP contribution in [0.15, 0.2) is 29.2 Å². The second-order valence-electron chi connectivity index (χ2n) is 3.89. The zero-order chi connectivity index (χ0) is 14.1. The van der Waals surface area contributed by atoms with E-state index in [0.717, 1.165) is 11.3 Å². The van der Waals surface area contributed by atoms with Crippen molar-refractivity contribution in [3.63, 3.8) is 0 Å². The van der Waals surface area contributed by atoms with E-state index in [4.69, 9.17) is 0 Å². The summed E-state index contributed by atoms with van der Waals surface area (Å²) in [7, 11) is 0. The van der Waals surface area contributed by atoms with Crippen LogP contribution in [-0.4, -0.2) is 31.3 Å². The topological polar surface area (TPSA) is 70.2 Å². The molecule has 19 heavy (non-hydrogen) atoms. The van der Waals surface area contributed by atoms with Crippen LogP contribution in [0.25, 0.3) is 0 Å². The second kappa shape index (κ2) is 8.42. The van der Waals surface area contributed by atoms with Crippen molar-refractivity contribution in [2.24, 2.45) is 0 Å². The van der Waals surface area contributed by atoms with Gasteiger partial charge in [-0.3, -0.25) is 4.79 Å². The maximum Gasteiger partial charge on any atom is 0.319 e. The summed E-state index contributed by atoms with van der Waals surface area (Å²) in [6, 6.07) is 7.11. The Morgan fingerprint density at radius 3 is 2.42 bits per heavy atom. The number of benzene rings is 1. The molecule has 0 radical (unpaired) electrons. The normalized spacial score (nSPS) is 9.79. The summed E-state index contributed by atoms with van der Waals surface area (Å²) in [5.41, 5.74) is 0.698. The summed E-state index contributed by atoms with van der Waals surface area (Å²) < 4.78 is 0. The van der Waals surface area contributed by atoms with E-state index in [-0.39, 0.29) is 18.5 Å². The van der Waals surface area contributed by atoms with Gasteiger partial charge in [-0.25, -0.2) is 4.79 Å². The van der Waals surface area contributed by atoms with Crippen molar-refractivity contribution in [1.29, 1.82) is 0 Å². The van der Waals surface area contributed by atoms with Crippen LogP contribution in [0.2, 0.25) is 0 Å². The van der Waals surface area contributed by atoms with Crippen LogP contribution in [-0.2, 0) is 4.79 Å². The van der Waals surface area contributed by atoms with Gasteiger partial charge in [0.05, 0.1) is 6.54 Å². The van der Waals surface area contributed by atoms with E-state index in [1.165, 1.54) is 0 Å². The molecule has 3 N–H and O–H groups in total. The fourth-order valence-corrected chi connectivity index (χ4v) is 1.75. The van der Waals surface area contributed by atoms with E-state index in [9.17, 15) is 9.59 Å². The smallest absolute Gasteiger partial charge is 0.319 e. The maximum atomic E-state index is 11.5. The Bertz CT molecular complexity index is 420. The summed E-state index contributed by atoms with van der Waals surface area (Å²) in [4.78, 5) is 24.0. The Morgan fingerprint density at radius 1 is 1.16 bits per heavy atom. The van der Waals surface area contributed by atoms with Gasteiger partial charge in [0.25, 0.3) is 0 Å². The maximum absolute atomic E-state index is 11.5. The highest BCUT2D eigenvalue weighted by atomic mass is 32.2. The highest BCUT2D eigenvalue weighted by molar-refractivity contribution is 7.98. The number of nitrogens with one attached hydrogen (secondary N) is 3. The van der Waals surface area contributed by atoms with E-state index in [1.807, 2.05) is 37.4 Å². The van der Waals surface area contributed by atoms with E-state index in [0.29, 0.717) is 12.2 Å². The summed E-state index contributed by atoms with van der Waals surface area (Å²) in [5.74, 6) is -0.185. The molecule has 3 amide bonds. The van der Waals surface area contributed by atoms with Crippen molar-refractivity contribution in [1.82, 2.24) is 10.6 Å². The van der Waals surface area contributed by atoms with Crippen molar-refractivity contribution in [2.45, 2.75) is 18.2 Å². The van der Waals surface area contributed by atoms with E-state index in [2.05, 4.69) is 16.0 Å². The number of anilines is 1. The third kappa shape index (κ3) is 6.15. The Hall–Kier alpha value is -1.69. The number of hydrogen-bond donors (Lipinski definition) is 3. The minimum atomic E-state index is -0.386. The Labute approximate surface area is 117 Å². The standard InChI is InChI=1S/C13H19N3O2S/c1-3-8-14-12(17)9-15-13(18)16-10-4-6-11(19-2)7-5-10/h4-7H,3,8-9H2,1-2H3,(H,14,17)(H2,15,16,18). The van der Waals surface area contributed by atoms with Crippen molar-refractivity contribution < 1.29 is 9.59 Å². The van der Waals surface area contributed by atoms with Gasteiger partial charge in [-0.1, -0.05) is 6.92 Å². The predicted molar refractivity (Wildman–Crippen MR) is 78.5 cm³/mol. The zero-order valence-electron chi connectivity index (χ0n) is 11.2. The lowest BCUT2D eigenvalue weighted by molar-refractivity contribution is -0.120. The van der Waals surface area contributed by atoms with E-state index in [1.54, 1.807) is 11.8 Å². The summed E-state index contributed by atoms with van der Waals surface area (Å²) in [6.45, 7) is 2.58. The zero-order valence-corrected chi connectivity index (χ0v) is 12.0. The Morgan fingerprint density at radius 2 is 1.84 bits per heavy atom. The number of rotatable bonds is 6. The summed E-state index contributed by atoms with van der Waals surface area (Å²) in [5, 5.41) is 7.85. The number of thioether (sulfide) groups is 1. The van der Waals surface area contributed by atoms with Gasteiger partial charge in [-0.05, 0) is 36.9 Å². The second-order valence-corrected chi connectivity index (χ2v) is 4.77.